The van der Waals surface area contributed by atoms with Crippen LogP contribution in [0.4, 0.5) is 4.39 Å². The Morgan fingerprint density at radius 1 is 1.00 bits per heavy atom. The van der Waals surface area contributed by atoms with E-state index in [9.17, 15) is 9.50 Å². The summed E-state index contributed by atoms with van der Waals surface area (Å²) in [5, 5.41) is 16.3. The van der Waals surface area contributed by atoms with Gasteiger partial charge in [-0.05, 0) is 42.7 Å². The molecule has 2 aliphatic rings. The normalized spacial score (nSPS) is 32.3. The van der Waals surface area contributed by atoms with Crippen molar-refractivity contribution in [1.29, 1.82) is 0 Å². The van der Waals surface area contributed by atoms with Crippen LogP contribution < -0.4 is 5.32 Å². The Balaban J connectivity index is 1.84. The molecule has 2 fully saturated rings. The molecule has 21 heavy (non-hydrogen) atoms. The third-order valence-electron chi connectivity index (χ3n) is 5.12. The molecule has 0 radical (unpaired) electrons. The van der Waals surface area contributed by atoms with Crippen molar-refractivity contribution in [2.75, 3.05) is 0 Å². The van der Waals surface area contributed by atoms with Gasteiger partial charge in [0, 0.05) is 17.5 Å². The summed E-state index contributed by atoms with van der Waals surface area (Å²) in [5.74, 6) is -0.216. The monoisotopic (exact) mass is 285 g/mol. The molecule has 110 valence electrons. The average Bonchev–Trinajstić information content (AvgIpc) is 2.47. The number of hydrogen-bond donors (Lipinski definition) is 2. The van der Waals surface area contributed by atoms with E-state index in [1.54, 1.807) is 12.1 Å². The highest BCUT2D eigenvalue weighted by Crippen LogP contribution is 2.42. The van der Waals surface area contributed by atoms with Gasteiger partial charge in [0.2, 0.25) is 0 Å². The quantitative estimate of drug-likeness (QED) is 0.841. The van der Waals surface area contributed by atoms with Crippen molar-refractivity contribution in [1.82, 2.24) is 5.32 Å². The van der Waals surface area contributed by atoms with Gasteiger partial charge in [0.05, 0.1) is 5.60 Å². The van der Waals surface area contributed by atoms with Gasteiger partial charge in [-0.2, -0.15) is 0 Å². The van der Waals surface area contributed by atoms with Crippen LogP contribution in [0.25, 0.3) is 10.8 Å². The van der Waals surface area contributed by atoms with Crippen molar-refractivity contribution in [3.63, 3.8) is 0 Å². The van der Waals surface area contributed by atoms with Crippen LogP contribution >= 0.6 is 0 Å². The zero-order valence-electron chi connectivity index (χ0n) is 12.0. The second-order valence-corrected chi connectivity index (χ2v) is 6.57. The molecule has 0 aliphatic carbocycles. The van der Waals surface area contributed by atoms with Crippen LogP contribution in [0.15, 0.2) is 36.4 Å². The summed E-state index contributed by atoms with van der Waals surface area (Å²) >= 11 is 0. The highest BCUT2D eigenvalue weighted by atomic mass is 19.1. The van der Waals surface area contributed by atoms with E-state index in [-0.39, 0.29) is 5.82 Å². The van der Waals surface area contributed by atoms with E-state index in [4.69, 9.17) is 0 Å². The van der Waals surface area contributed by atoms with Crippen LogP contribution in [0.3, 0.4) is 0 Å². The molecule has 0 spiro atoms. The second kappa shape index (κ2) is 4.79. The van der Waals surface area contributed by atoms with Crippen molar-refractivity contribution in [2.24, 2.45) is 0 Å². The fraction of sp³-hybridized carbons (Fsp3) is 0.444. The van der Waals surface area contributed by atoms with E-state index in [1.807, 2.05) is 18.2 Å². The van der Waals surface area contributed by atoms with E-state index < -0.39 is 5.60 Å². The molecule has 4 rings (SSSR count). The summed E-state index contributed by atoms with van der Waals surface area (Å²) in [6.07, 6.45) is 4.93. The molecule has 0 aromatic heterocycles. The summed E-state index contributed by atoms with van der Waals surface area (Å²) < 4.78 is 14.0. The van der Waals surface area contributed by atoms with Crippen molar-refractivity contribution < 1.29 is 9.50 Å². The summed E-state index contributed by atoms with van der Waals surface area (Å²) in [6, 6.07) is 11.5. The largest absolute Gasteiger partial charge is 0.385 e. The molecule has 2 aliphatic heterocycles. The lowest BCUT2D eigenvalue weighted by molar-refractivity contribution is -0.0347. The first-order chi connectivity index (χ1) is 10.2. The number of aliphatic hydroxyl groups is 1. The lowest BCUT2D eigenvalue weighted by atomic mass is 9.73. The molecule has 2 heterocycles. The van der Waals surface area contributed by atoms with Crippen molar-refractivity contribution >= 4 is 10.8 Å². The zero-order valence-corrected chi connectivity index (χ0v) is 12.0. The number of benzene rings is 2. The van der Waals surface area contributed by atoms with E-state index in [2.05, 4.69) is 5.32 Å². The topological polar surface area (TPSA) is 32.3 Å². The lowest BCUT2D eigenvalue weighted by Gasteiger charge is -2.45. The highest BCUT2D eigenvalue weighted by molar-refractivity contribution is 5.87. The van der Waals surface area contributed by atoms with Crippen LogP contribution in [0.5, 0.6) is 0 Å². The molecular weight excluding hydrogens is 265 g/mol. The van der Waals surface area contributed by atoms with Crippen LogP contribution in [0, 0.1) is 5.82 Å². The number of halogens is 1. The molecule has 2 aromatic rings. The summed E-state index contributed by atoms with van der Waals surface area (Å²) in [5.41, 5.74) is 0.0480. The Labute approximate surface area is 124 Å². The van der Waals surface area contributed by atoms with Gasteiger partial charge in [0.15, 0.2) is 0 Å². The third-order valence-corrected chi connectivity index (χ3v) is 5.12. The molecule has 0 saturated carbocycles. The average molecular weight is 285 g/mol. The molecule has 2 bridgehead atoms. The number of nitrogens with one attached hydrogen (secondary N) is 1. The molecule has 2 saturated heterocycles. The fourth-order valence-corrected chi connectivity index (χ4v) is 4.22. The van der Waals surface area contributed by atoms with Gasteiger partial charge >= 0.3 is 0 Å². The molecular formula is C18H20FNO. The standard InChI is InChI=1S/C18H20FNO/c19-17-9-8-16(14-6-1-2-7-15(14)17)18(21)10-12-4-3-5-13(11-18)20-12/h1-2,6-9,12-13,20-21H,3-5,10-11H2. The molecule has 2 N–H and O–H groups in total. The smallest absolute Gasteiger partial charge is 0.131 e. The first kappa shape index (κ1) is 13.2. The molecule has 0 amide bonds. The van der Waals surface area contributed by atoms with Crippen LogP contribution in [0.2, 0.25) is 0 Å². The van der Waals surface area contributed by atoms with Gasteiger partial charge in [-0.1, -0.05) is 36.8 Å². The Morgan fingerprint density at radius 3 is 2.38 bits per heavy atom. The summed E-state index contributed by atoms with van der Waals surface area (Å²) in [7, 11) is 0. The van der Waals surface area contributed by atoms with Gasteiger partial charge in [0.1, 0.15) is 5.82 Å². The van der Waals surface area contributed by atoms with E-state index >= 15 is 0 Å². The molecule has 2 atom stereocenters. The summed E-state index contributed by atoms with van der Waals surface area (Å²) in [4.78, 5) is 0. The molecule has 2 nitrogen and oxygen atoms in total. The predicted octanol–water partition coefficient (Wildman–Crippen LogP) is 3.47. The first-order valence-electron chi connectivity index (χ1n) is 7.82. The number of hydrogen-bond acceptors (Lipinski definition) is 2. The molecule has 2 aromatic carbocycles. The number of rotatable bonds is 1. The highest BCUT2D eigenvalue weighted by Gasteiger charge is 2.42. The van der Waals surface area contributed by atoms with E-state index in [1.165, 1.54) is 12.5 Å². The third kappa shape index (κ3) is 2.16. The fourth-order valence-electron chi connectivity index (χ4n) is 4.22. The van der Waals surface area contributed by atoms with Gasteiger partial charge < -0.3 is 10.4 Å². The maximum Gasteiger partial charge on any atom is 0.131 e. The number of fused-ring (bicyclic) bond motifs is 3. The Kier molecular flexibility index (Phi) is 3.02. The second-order valence-electron chi connectivity index (χ2n) is 6.57. The Morgan fingerprint density at radius 2 is 1.67 bits per heavy atom. The minimum atomic E-state index is -0.839. The van der Waals surface area contributed by atoms with Crippen molar-refractivity contribution in [3.05, 3.63) is 47.8 Å². The minimum absolute atomic E-state index is 0.216. The minimum Gasteiger partial charge on any atom is -0.385 e. The van der Waals surface area contributed by atoms with Gasteiger partial charge in [0.25, 0.3) is 0 Å². The Hall–Kier alpha value is -1.45. The van der Waals surface area contributed by atoms with Crippen LogP contribution in [-0.2, 0) is 5.60 Å². The van der Waals surface area contributed by atoms with Gasteiger partial charge in [-0.3, -0.25) is 0 Å². The predicted molar refractivity (Wildman–Crippen MR) is 81.6 cm³/mol. The van der Waals surface area contributed by atoms with Crippen LogP contribution in [-0.4, -0.2) is 17.2 Å². The van der Waals surface area contributed by atoms with Crippen LogP contribution in [0.1, 0.15) is 37.7 Å². The first-order valence-corrected chi connectivity index (χ1v) is 7.82. The summed E-state index contributed by atoms with van der Waals surface area (Å²) in [6.45, 7) is 0. The van der Waals surface area contributed by atoms with E-state index in [0.717, 1.165) is 36.6 Å². The van der Waals surface area contributed by atoms with E-state index in [0.29, 0.717) is 17.5 Å². The van der Waals surface area contributed by atoms with Crippen molar-refractivity contribution in [3.8, 4) is 0 Å². The van der Waals surface area contributed by atoms with Gasteiger partial charge in [-0.15, -0.1) is 0 Å². The molecule has 3 heteroatoms. The lowest BCUT2D eigenvalue weighted by Crippen LogP contribution is -2.54. The van der Waals surface area contributed by atoms with Gasteiger partial charge in [-0.25, -0.2) is 4.39 Å². The zero-order chi connectivity index (χ0) is 14.4. The maximum absolute atomic E-state index is 14.0. The molecule has 2 unspecified atom stereocenters. The number of piperidine rings is 2. The SMILES string of the molecule is OC1(c2ccc(F)c3ccccc23)CC2CCCC(C1)N2. The van der Waals surface area contributed by atoms with Crippen molar-refractivity contribution in [2.45, 2.75) is 49.8 Å². The Bertz CT molecular complexity index is 672. The maximum atomic E-state index is 14.0.